The molecule has 1 heterocycles. The normalized spacial score (nSPS) is 12.3. The third-order valence-corrected chi connectivity index (χ3v) is 5.73. The van der Waals surface area contributed by atoms with E-state index in [2.05, 4.69) is 15.7 Å². The summed E-state index contributed by atoms with van der Waals surface area (Å²) in [5, 5.41) is 9.52. The van der Waals surface area contributed by atoms with E-state index in [0.717, 1.165) is 16.8 Å². The molecule has 0 spiro atoms. The zero-order valence-electron chi connectivity index (χ0n) is 20.8. The fourth-order valence-corrected chi connectivity index (χ4v) is 3.58. The number of aryl methyl sites for hydroxylation is 2. The number of aromatic nitrogens is 2. The van der Waals surface area contributed by atoms with E-state index >= 15 is 0 Å². The highest BCUT2D eigenvalue weighted by Gasteiger charge is 2.26. The predicted molar refractivity (Wildman–Crippen MR) is 134 cm³/mol. The van der Waals surface area contributed by atoms with E-state index in [4.69, 9.17) is 9.47 Å². The molecule has 9 heteroatoms. The van der Waals surface area contributed by atoms with Gasteiger partial charge >= 0.3 is 5.97 Å². The second kappa shape index (κ2) is 13.1. The van der Waals surface area contributed by atoms with Gasteiger partial charge in [-0.2, -0.15) is 5.10 Å². The number of hydrogen-bond acceptors (Lipinski definition) is 6. The van der Waals surface area contributed by atoms with Crippen molar-refractivity contribution in [2.24, 2.45) is 7.05 Å². The molecule has 0 fully saturated rings. The van der Waals surface area contributed by atoms with Gasteiger partial charge in [-0.15, -0.1) is 0 Å². The number of ether oxygens (including phenoxy) is 2. The van der Waals surface area contributed by atoms with E-state index in [1.54, 1.807) is 37.0 Å². The molecule has 2 N–H and O–H groups in total. The number of methoxy groups -OCH3 is 1. The van der Waals surface area contributed by atoms with Crippen LogP contribution in [0.1, 0.15) is 30.2 Å². The second-order valence-electron chi connectivity index (χ2n) is 8.44. The summed E-state index contributed by atoms with van der Waals surface area (Å²) < 4.78 is 12.4. The standard InChI is InChI=1S/C27H32N4O5/c1-19(29-25(32)14-11-22-15-16-28-31(22)2)26(33)30-24(17-20-9-12-23(35-3)13-10-20)27(34)36-18-21-7-5-4-6-8-21/h4-10,12-13,15-16,19,24H,11,14,17-18H2,1-3H3,(H,29,32)(H,30,33). The lowest BCUT2D eigenvalue weighted by Gasteiger charge is -2.21. The number of esters is 1. The van der Waals surface area contributed by atoms with Crippen molar-refractivity contribution < 1.29 is 23.9 Å². The average molecular weight is 493 g/mol. The maximum absolute atomic E-state index is 12.9. The summed E-state index contributed by atoms with van der Waals surface area (Å²) in [6, 6.07) is 16.6. The van der Waals surface area contributed by atoms with Gasteiger partial charge in [0.05, 0.1) is 7.11 Å². The molecular formula is C27H32N4O5. The molecule has 1 aromatic heterocycles. The van der Waals surface area contributed by atoms with Crippen LogP contribution in [0.5, 0.6) is 5.75 Å². The Balaban J connectivity index is 1.60. The monoisotopic (exact) mass is 492 g/mol. The summed E-state index contributed by atoms with van der Waals surface area (Å²) in [7, 11) is 3.38. The van der Waals surface area contributed by atoms with Gasteiger partial charge < -0.3 is 20.1 Å². The Morgan fingerprint density at radius 3 is 2.33 bits per heavy atom. The third-order valence-electron chi connectivity index (χ3n) is 5.73. The Bertz CT molecular complexity index is 1140. The average Bonchev–Trinajstić information content (AvgIpc) is 3.31. The summed E-state index contributed by atoms with van der Waals surface area (Å²) in [4.78, 5) is 38.2. The molecule has 0 aliphatic carbocycles. The summed E-state index contributed by atoms with van der Waals surface area (Å²) in [6.07, 6.45) is 2.61. The molecule has 2 atom stereocenters. The van der Waals surface area contributed by atoms with E-state index in [9.17, 15) is 14.4 Å². The number of amides is 2. The van der Waals surface area contributed by atoms with Crippen LogP contribution < -0.4 is 15.4 Å². The molecule has 0 aliphatic heterocycles. The van der Waals surface area contributed by atoms with Gasteiger partial charge in [-0.3, -0.25) is 14.3 Å². The zero-order valence-corrected chi connectivity index (χ0v) is 20.8. The molecule has 0 saturated carbocycles. The first kappa shape index (κ1) is 26.5. The third kappa shape index (κ3) is 7.97. The smallest absolute Gasteiger partial charge is 0.329 e. The summed E-state index contributed by atoms with van der Waals surface area (Å²) in [5.41, 5.74) is 2.59. The molecule has 0 aliphatic rings. The van der Waals surface area contributed by atoms with Crippen molar-refractivity contribution in [3.05, 3.63) is 83.7 Å². The van der Waals surface area contributed by atoms with Crippen LogP contribution in [0.25, 0.3) is 0 Å². The molecule has 190 valence electrons. The summed E-state index contributed by atoms with van der Waals surface area (Å²) in [6.45, 7) is 1.67. The van der Waals surface area contributed by atoms with Gasteiger partial charge in [-0.25, -0.2) is 4.79 Å². The molecule has 3 rings (SSSR count). The van der Waals surface area contributed by atoms with Gasteiger partial charge in [-0.1, -0.05) is 42.5 Å². The maximum Gasteiger partial charge on any atom is 0.329 e. The summed E-state index contributed by atoms with van der Waals surface area (Å²) >= 11 is 0. The fraction of sp³-hybridized carbons (Fsp3) is 0.333. The van der Waals surface area contributed by atoms with Gasteiger partial charge in [-0.05, 0) is 42.7 Å². The highest BCUT2D eigenvalue weighted by atomic mass is 16.5. The molecule has 0 bridgehead atoms. The van der Waals surface area contributed by atoms with E-state index in [1.165, 1.54) is 0 Å². The van der Waals surface area contributed by atoms with Gasteiger partial charge in [0.1, 0.15) is 24.4 Å². The highest BCUT2D eigenvalue weighted by Crippen LogP contribution is 2.14. The Kier molecular flexibility index (Phi) is 9.62. The highest BCUT2D eigenvalue weighted by molar-refractivity contribution is 5.90. The Morgan fingerprint density at radius 1 is 0.972 bits per heavy atom. The van der Waals surface area contributed by atoms with Crippen molar-refractivity contribution in [3.8, 4) is 5.75 Å². The number of hydrogen-bond donors (Lipinski definition) is 2. The van der Waals surface area contributed by atoms with Crippen LogP contribution in [-0.4, -0.2) is 46.8 Å². The summed E-state index contributed by atoms with van der Waals surface area (Å²) in [5.74, 6) is -0.609. The number of nitrogens with zero attached hydrogens (tertiary/aromatic N) is 2. The molecule has 2 amide bonds. The molecule has 0 saturated heterocycles. The van der Waals surface area contributed by atoms with Crippen LogP contribution in [0.3, 0.4) is 0 Å². The van der Waals surface area contributed by atoms with Crippen LogP contribution in [-0.2, 0) is 45.6 Å². The van der Waals surface area contributed by atoms with E-state index < -0.39 is 24.0 Å². The number of rotatable bonds is 12. The lowest BCUT2D eigenvalue weighted by molar-refractivity contribution is -0.149. The fourth-order valence-electron chi connectivity index (χ4n) is 3.58. The molecule has 9 nitrogen and oxygen atoms in total. The van der Waals surface area contributed by atoms with Crippen molar-refractivity contribution in [1.82, 2.24) is 20.4 Å². The van der Waals surface area contributed by atoms with Crippen LogP contribution in [0.2, 0.25) is 0 Å². The van der Waals surface area contributed by atoms with E-state index in [-0.39, 0.29) is 25.4 Å². The van der Waals surface area contributed by atoms with Crippen molar-refractivity contribution >= 4 is 17.8 Å². The minimum atomic E-state index is -0.927. The zero-order chi connectivity index (χ0) is 25.9. The lowest BCUT2D eigenvalue weighted by atomic mass is 10.1. The Labute approximate surface area is 210 Å². The topological polar surface area (TPSA) is 112 Å². The molecule has 0 radical (unpaired) electrons. The Hall–Kier alpha value is -4.14. The van der Waals surface area contributed by atoms with Gasteiger partial charge in [0.2, 0.25) is 11.8 Å². The van der Waals surface area contributed by atoms with Crippen LogP contribution in [0.4, 0.5) is 0 Å². The van der Waals surface area contributed by atoms with Crippen LogP contribution in [0, 0.1) is 0 Å². The quantitative estimate of drug-likeness (QED) is 0.376. The first-order valence-corrected chi connectivity index (χ1v) is 11.8. The molecule has 2 unspecified atom stereocenters. The van der Waals surface area contributed by atoms with E-state index in [0.29, 0.717) is 12.2 Å². The largest absolute Gasteiger partial charge is 0.497 e. The van der Waals surface area contributed by atoms with E-state index in [1.807, 2.05) is 55.6 Å². The maximum atomic E-state index is 12.9. The molecule has 36 heavy (non-hydrogen) atoms. The molecule has 3 aromatic rings. The van der Waals surface area contributed by atoms with Crippen molar-refractivity contribution in [2.45, 2.75) is 44.9 Å². The number of benzene rings is 2. The van der Waals surface area contributed by atoms with Crippen LogP contribution in [0.15, 0.2) is 66.9 Å². The van der Waals surface area contributed by atoms with Crippen molar-refractivity contribution in [3.63, 3.8) is 0 Å². The first-order valence-electron chi connectivity index (χ1n) is 11.8. The number of carbonyl (C=O) groups excluding carboxylic acids is 3. The second-order valence-corrected chi connectivity index (χ2v) is 8.44. The predicted octanol–water partition coefficient (Wildman–Crippen LogP) is 2.34. The molecule has 2 aromatic carbocycles. The van der Waals surface area contributed by atoms with Gasteiger partial charge in [0.15, 0.2) is 0 Å². The minimum absolute atomic E-state index is 0.0922. The molecular weight excluding hydrogens is 460 g/mol. The van der Waals surface area contributed by atoms with Gasteiger partial charge in [0.25, 0.3) is 0 Å². The van der Waals surface area contributed by atoms with Gasteiger partial charge in [0, 0.05) is 31.8 Å². The van der Waals surface area contributed by atoms with Crippen molar-refractivity contribution in [1.29, 1.82) is 0 Å². The number of carbonyl (C=O) groups is 3. The van der Waals surface area contributed by atoms with Crippen LogP contribution >= 0.6 is 0 Å². The minimum Gasteiger partial charge on any atom is -0.497 e. The first-order chi connectivity index (χ1) is 17.4. The van der Waals surface area contributed by atoms with Crippen molar-refractivity contribution in [2.75, 3.05) is 7.11 Å². The SMILES string of the molecule is COc1ccc(CC(NC(=O)C(C)NC(=O)CCc2ccnn2C)C(=O)OCc2ccccc2)cc1. The Morgan fingerprint density at radius 2 is 1.69 bits per heavy atom. The number of nitrogens with one attached hydrogen (secondary N) is 2. The lowest BCUT2D eigenvalue weighted by Crippen LogP contribution is -2.51.